The number of hydrogen-bond donors (Lipinski definition) is 0. The number of fused-ring (bicyclic) bond motifs is 1. The number of amides is 3. The zero-order chi connectivity index (χ0) is 23.7. The van der Waals surface area contributed by atoms with E-state index >= 15 is 0 Å². The van der Waals surface area contributed by atoms with E-state index in [2.05, 4.69) is 9.97 Å². The van der Waals surface area contributed by atoms with Gasteiger partial charge in [0.15, 0.2) is 0 Å². The quantitative estimate of drug-likeness (QED) is 0.432. The number of aromatic nitrogens is 2. The molecule has 0 aliphatic carbocycles. The van der Waals surface area contributed by atoms with Gasteiger partial charge in [-0.2, -0.15) is 5.01 Å². The summed E-state index contributed by atoms with van der Waals surface area (Å²) in [5.41, 5.74) is 2.76. The van der Waals surface area contributed by atoms with E-state index in [-0.39, 0.29) is 22.6 Å². The molecule has 34 heavy (non-hydrogen) atoms. The number of carbonyl (C=O) groups is 3. The monoisotopic (exact) mass is 448 g/mol. The summed E-state index contributed by atoms with van der Waals surface area (Å²) in [6, 6.07) is 26.3. The fourth-order valence-corrected chi connectivity index (χ4v) is 4.11. The van der Waals surface area contributed by atoms with Crippen molar-refractivity contribution >= 4 is 17.7 Å². The Bertz CT molecular complexity index is 1300. The molecule has 7 heteroatoms. The van der Waals surface area contributed by atoms with Crippen LogP contribution in [0.15, 0.2) is 97.3 Å². The van der Waals surface area contributed by atoms with Gasteiger partial charge in [-0.3, -0.25) is 14.4 Å². The van der Waals surface area contributed by atoms with Gasteiger partial charge >= 0.3 is 0 Å². The third kappa shape index (κ3) is 3.63. The van der Waals surface area contributed by atoms with Crippen LogP contribution in [-0.2, 0) is 0 Å². The van der Waals surface area contributed by atoms with E-state index in [4.69, 9.17) is 0 Å². The molecule has 0 saturated heterocycles. The molecule has 0 N–H and O–H groups in total. The van der Waals surface area contributed by atoms with Crippen molar-refractivity contribution in [1.82, 2.24) is 20.0 Å². The first-order valence-corrected chi connectivity index (χ1v) is 10.7. The summed E-state index contributed by atoms with van der Waals surface area (Å²) in [5.74, 6) is -1.31. The predicted molar refractivity (Wildman–Crippen MR) is 125 cm³/mol. The van der Waals surface area contributed by atoms with Gasteiger partial charge in [0, 0.05) is 19.4 Å². The van der Waals surface area contributed by atoms with Crippen LogP contribution >= 0.6 is 0 Å². The summed E-state index contributed by atoms with van der Waals surface area (Å²) in [6.45, 7) is 0. The summed E-state index contributed by atoms with van der Waals surface area (Å²) >= 11 is 0. The molecule has 0 radical (unpaired) electrons. The average molecular weight is 448 g/mol. The van der Waals surface area contributed by atoms with Crippen molar-refractivity contribution in [3.8, 4) is 0 Å². The largest absolute Gasteiger partial charge is 0.280 e. The summed E-state index contributed by atoms with van der Waals surface area (Å²) in [5, 5.41) is 1.85. The first-order valence-electron chi connectivity index (χ1n) is 10.7. The minimum Gasteiger partial charge on any atom is -0.267 e. The molecule has 3 aromatic carbocycles. The molecule has 7 nitrogen and oxygen atoms in total. The maximum absolute atomic E-state index is 13.1. The molecule has 0 unspecified atom stereocenters. The number of hydrogen-bond acceptors (Lipinski definition) is 5. The van der Waals surface area contributed by atoms with Gasteiger partial charge in [-0.05, 0) is 23.3 Å². The Morgan fingerprint density at radius 1 is 0.735 bits per heavy atom. The van der Waals surface area contributed by atoms with Crippen LogP contribution in [0, 0.1) is 0 Å². The highest BCUT2D eigenvalue weighted by molar-refractivity contribution is 6.22. The number of hydrazine groups is 1. The molecule has 2 heterocycles. The Kier molecular flexibility index (Phi) is 5.43. The number of imide groups is 1. The van der Waals surface area contributed by atoms with E-state index in [0.717, 1.165) is 21.1 Å². The van der Waals surface area contributed by atoms with Gasteiger partial charge in [0.2, 0.25) is 0 Å². The Balaban J connectivity index is 1.43. The van der Waals surface area contributed by atoms with E-state index in [1.165, 1.54) is 19.4 Å². The lowest BCUT2D eigenvalue weighted by Crippen LogP contribution is -2.47. The Labute approximate surface area is 196 Å². The van der Waals surface area contributed by atoms with Crippen molar-refractivity contribution in [2.45, 2.75) is 5.92 Å². The first-order chi connectivity index (χ1) is 16.6. The van der Waals surface area contributed by atoms with Crippen LogP contribution in [0.4, 0.5) is 0 Å². The first kappa shape index (κ1) is 21.2. The third-order valence-corrected chi connectivity index (χ3v) is 5.81. The van der Waals surface area contributed by atoms with E-state index in [1.807, 2.05) is 60.7 Å². The standard InChI is InChI=1S/C27H20N4O3/c1-30(31-26(33)21-14-8-9-15-22(21)27(31)34)25(32)20-16-28-24(29-17-20)23(18-10-4-2-5-11-18)19-12-6-3-7-13-19/h2-17,23H,1H3. The van der Waals surface area contributed by atoms with E-state index in [1.54, 1.807) is 24.3 Å². The lowest BCUT2D eigenvalue weighted by Gasteiger charge is -2.25. The fraction of sp³-hybridized carbons (Fsp3) is 0.0741. The lowest BCUT2D eigenvalue weighted by atomic mass is 9.90. The van der Waals surface area contributed by atoms with E-state index in [0.29, 0.717) is 5.82 Å². The molecule has 3 amide bonds. The van der Waals surface area contributed by atoms with Crippen molar-refractivity contribution in [2.24, 2.45) is 0 Å². The molecule has 0 bridgehead atoms. The van der Waals surface area contributed by atoms with Gasteiger partial charge in [0.05, 0.1) is 22.6 Å². The second kappa shape index (κ2) is 8.71. The minimum absolute atomic E-state index is 0.169. The zero-order valence-electron chi connectivity index (χ0n) is 18.3. The molecule has 1 aromatic heterocycles. The van der Waals surface area contributed by atoms with Crippen molar-refractivity contribution in [3.63, 3.8) is 0 Å². The smallest absolute Gasteiger partial charge is 0.267 e. The molecular formula is C27H20N4O3. The molecule has 166 valence electrons. The number of benzene rings is 3. The molecule has 0 atom stereocenters. The highest BCUT2D eigenvalue weighted by atomic mass is 16.2. The van der Waals surface area contributed by atoms with Crippen LogP contribution in [0.5, 0.6) is 0 Å². The van der Waals surface area contributed by atoms with Gasteiger partial charge < -0.3 is 0 Å². The van der Waals surface area contributed by atoms with Gasteiger partial charge in [-0.25, -0.2) is 15.0 Å². The third-order valence-electron chi connectivity index (χ3n) is 5.81. The Morgan fingerprint density at radius 2 is 1.18 bits per heavy atom. The Hall–Kier alpha value is -4.65. The molecule has 4 aromatic rings. The van der Waals surface area contributed by atoms with Gasteiger partial charge in [-0.1, -0.05) is 72.8 Å². The van der Waals surface area contributed by atoms with Crippen LogP contribution in [0.3, 0.4) is 0 Å². The van der Waals surface area contributed by atoms with Crippen LogP contribution in [-0.4, -0.2) is 44.8 Å². The van der Waals surface area contributed by atoms with Crippen molar-refractivity contribution in [2.75, 3.05) is 7.05 Å². The lowest BCUT2D eigenvalue weighted by molar-refractivity contribution is 0.0127. The minimum atomic E-state index is -0.558. The van der Waals surface area contributed by atoms with Gasteiger partial charge in [0.1, 0.15) is 5.82 Å². The number of nitrogens with zero attached hydrogens (tertiary/aromatic N) is 4. The van der Waals surface area contributed by atoms with Gasteiger partial charge in [0.25, 0.3) is 17.7 Å². The second-order valence-corrected chi connectivity index (χ2v) is 7.88. The summed E-state index contributed by atoms with van der Waals surface area (Å²) < 4.78 is 0. The summed E-state index contributed by atoms with van der Waals surface area (Å²) in [4.78, 5) is 47.5. The van der Waals surface area contributed by atoms with Crippen LogP contribution in [0.25, 0.3) is 0 Å². The fourth-order valence-electron chi connectivity index (χ4n) is 4.11. The highest BCUT2D eigenvalue weighted by Crippen LogP contribution is 2.29. The molecule has 0 spiro atoms. The Morgan fingerprint density at radius 3 is 1.65 bits per heavy atom. The van der Waals surface area contributed by atoms with Gasteiger partial charge in [-0.15, -0.1) is 0 Å². The molecule has 1 aliphatic rings. The van der Waals surface area contributed by atoms with Crippen molar-refractivity contribution in [3.05, 3.63) is 131 Å². The zero-order valence-corrected chi connectivity index (χ0v) is 18.3. The van der Waals surface area contributed by atoms with Crippen LogP contribution in [0.2, 0.25) is 0 Å². The number of carbonyl (C=O) groups excluding carboxylic acids is 3. The topological polar surface area (TPSA) is 83.5 Å². The van der Waals surface area contributed by atoms with Crippen LogP contribution < -0.4 is 0 Å². The van der Waals surface area contributed by atoms with E-state index in [9.17, 15) is 14.4 Å². The molecule has 0 fully saturated rings. The average Bonchev–Trinajstić information content (AvgIpc) is 3.15. The van der Waals surface area contributed by atoms with Crippen molar-refractivity contribution < 1.29 is 14.4 Å². The maximum atomic E-state index is 13.1. The SMILES string of the molecule is CN(C(=O)c1cnc(C(c2ccccc2)c2ccccc2)nc1)N1C(=O)c2ccccc2C1=O. The molecule has 5 rings (SSSR count). The van der Waals surface area contributed by atoms with Crippen molar-refractivity contribution in [1.29, 1.82) is 0 Å². The molecular weight excluding hydrogens is 428 g/mol. The summed E-state index contributed by atoms with van der Waals surface area (Å²) in [6.07, 6.45) is 2.86. The summed E-state index contributed by atoms with van der Waals surface area (Å²) in [7, 11) is 1.38. The number of rotatable bonds is 5. The normalized spacial score (nSPS) is 12.7. The highest BCUT2D eigenvalue weighted by Gasteiger charge is 2.40. The molecule has 1 aliphatic heterocycles. The van der Waals surface area contributed by atoms with E-state index < -0.39 is 17.7 Å². The predicted octanol–water partition coefficient (Wildman–Crippen LogP) is 3.94. The molecule has 0 saturated carbocycles. The van der Waals surface area contributed by atoms with Crippen LogP contribution in [0.1, 0.15) is 53.9 Å². The maximum Gasteiger partial charge on any atom is 0.280 e. The second-order valence-electron chi connectivity index (χ2n) is 7.88.